The van der Waals surface area contributed by atoms with E-state index in [2.05, 4.69) is 6.92 Å². The van der Waals surface area contributed by atoms with Crippen molar-refractivity contribution in [2.24, 2.45) is 0 Å². The van der Waals surface area contributed by atoms with Gasteiger partial charge in [-0.3, -0.25) is 0 Å². The van der Waals surface area contributed by atoms with Crippen LogP contribution in [0.4, 0.5) is 4.39 Å². The van der Waals surface area contributed by atoms with Crippen molar-refractivity contribution in [1.29, 1.82) is 0 Å². The van der Waals surface area contributed by atoms with Crippen molar-refractivity contribution in [2.75, 3.05) is 0 Å². The van der Waals surface area contributed by atoms with Crippen molar-refractivity contribution in [2.45, 2.75) is 57.4 Å². The fourth-order valence-corrected chi connectivity index (χ4v) is 3.29. The van der Waals surface area contributed by atoms with Crippen LogP contribution in [0.25, 0.3) is 11.1 Å². The predicted octanol–water partition coefficient (Wildman–Crippen LogP) is 2.65. The van der Waals surface area contributed by atoms with Gasteiger partial charge in [0.1, 0.15) is 29.9 Å². The fraction of sp³-hybridized carbons (Fsp3) is 0.429. The summed E-state index contributed by atoms with van der Waals surface area (Å²) >= 11 is 0. The number of aryl methyl sites for hydroxylation is 1. The van der Waals surface area contributed by atoms with Crippen molar-refractivity contribution in [3.63, 3.8) is 0 Å². The molecule has 1 saturated heterocycles. The second-order valence-electron chi connectivity index (χ2n) is 6.88. The molecule has 1 aliphatic rings. The summed E-state index contributed by atoms with van der Waals surface area (Å²) in [6.45, 7) is 3.67. The van der Waals surface area contributed by atoms with E-state index in [9.17, 15) is 19.7 Å². The molecule has 5 nitrogen and oxygen atoms in total. The van der Waals surface area contributed by atoms with Crippen molar-refractivity contribution < 1.29 is 29.2 Å². The Hall–Kier alpha value is -1.99. The highest BCUT2D eigenvalue weighted by Gasteiger charge is 2.43. The average Bonchev–Trinajstić information content (AvgIpc) is 2.65. The van der Waals surface area contributed by atoms with Crippen LogP contribution in [0.15, 0.2) is 42.5 Å². The van der Waals surface area contributed by atoms with Gasteiger partial charge in [-0.2, -0.15) is 0 Å². The van der Waals surface area contributed by atoms with E-state index in [1.54, 1.807) is 25.1 Å². The number of hydrogen-bond acceptors (Lipinski definition) is 5. The molecule has 2 aromatic rings. The Balaban J connectivity index is 1.89. The van der Waals surface area contributed by atoms with E-state index in [0.717, 1.165) is 29.5 Å². The van der Waals surface area contributed by atoms with Gasteiger partial charge in [0.05, 0.1) is 6.10 Å². The number of aliphatic hydroxyl groups is 3. The molecule has 0 radical (unpaired) electrons. The molecule has 146 valence electrons. The lowest BCUT2D eigenvalue weighted by Gasteiger charge is -2.38. The average molecular weight is 376 g/mol. The minimum Gasteiger partial charge on any atom is -0.462 e. The molecule has 1 aliphatic heterocycles. The van der Waals surface area contributed by atoms with Gasteiger partial charge in [0, 0.05) is 0 Å². The second-order valence-corrected chi connectivity index (χ2v) is 6.88. The molecule has 2 aromatic carbocycles. The Morgan fingerprint density at radius 3 is 2.52 bits per heavy atom. The van der Waals surface area contributed by atoms with Gasteiger partial charge in [0.15, 0.2) is 0 Å². The van der Waals surface area contributed by atoms with Crippen LogP contribution >= 0.6 is 0 Å². The minimum absolute atomic E-state index is 0.321. The Morgan fingerprint density at radius 1 is 1.04 bits per heavy atom. The van der Waals surface area contributed by atoms with Crippen LogP contribution < -0.4 is 4.74 Å². The quantitative estimate of drug-likeness (QED) is 0.748. The molecule has 0 aromatic heterocycles. The van der Waals surface area contributed by atoms with E-state index in [0.29, 0.717) is 5.75 Å². The fourth-order valence-electron chi connectivity index (χ4n) is 3.29. The lowest BCUT2D eigenvalue weighted by molar-refractivity contribution is -0.268. The standard InChI is InChI=1S/C21H25FO5/c1-3-5-13-8-9-16(11-17(13)14-6-4-7-15(22)10-14)27-21-20(25)19(24)18(23)12(2)26-21/h4,6-12,18-21,23-25H,3,5H2,1-2H3/t12-,18+,19+,20-,21?/m1/s1. The van der Waals surface area contributed by atoms with E-state index in [4.69, 9.17) is 9.47 Å². The van der Waals surface area contributed by atoms with Crippen LogP contribution in [0.5, 0.6) is 5.75 Å². The van der Waals surface area contributed by atoms with Gasteiger partial charge < -0.3 is 24.8 Å². The number of aliphatic hydroxyl groups excluding tert-OH is 3. The molecule has 3 rings (SSSR count). The van der Waals surface area contributed by atoms with Crippen LogP contribution in [0.3, 0.4) is 0 Å². The third-order valence-corrected chi connectivity index (χ3v) is 4.80. The van der Waals surface area contributed by atoms with Gasteiger partial charge in [-0.25, -0.2) is 4.39 Å². The lowest BCUT2D eigenvalue weighted by Crippen LogP contribution is -2.58. The summed E-state index contributed by atoms with van der Waals surface area (Å²) in [4.78, 5) is 0. The summed E-state index contributed by atoms with van der Waals surface area (Å²) < 4.78 is 24.9. The zero-order valence-corrected chi connectivity index (χ0v) is 15.4. The molecule has 1 heterocycles. The molecule has 0 saturated carbocycles. The number of rotatable bonds is 5. The first-order valence-corrected chi connectivity index (χ1v) is 9.16. The summed E-state index contributed by atoms with van der Waals surface area (Å²) in [6.07, 6.45) is -3.96. The lowest BCUT2D eigenvalue weighted by atomic mass is 9.96. The summed E-state index contributed by atoms with van der Waals surface area (Å²) in [5, 5.41) is 29.9. The summed E-state index contributed by atoms with van der Waals surface area (Å²) in [7, 11) is 0. The van der Waals surface area contributed by atoms with Crippen LogP contribution in [0.1, 0.15) is 25.8 Å². The van der Waals surface area contributed by atoms with Crippen LogP contribution in [0, 0.1) is 5.82 Å². The zero-order valence-electron chi connectivity index (χ0n) is 15.4. The number of hydrogen-bond donors (Lipinski definition) is 3. The first-order chi connectivity index (χ1) is 12.9. The van der Waals surface area contributed by atoms with Gasteiger partial charge in [-0.05, 0) is 54.3 Å². The van der Waals surface area contributed by atoms with Gasteiger partial charge in [0.25, 0.3) is 0 Å². The largest absolute Gasteiger partial charge is 0.462 e. The van der Waals surface area contributed by atoms with E-state index in [1.807, 2.05) is 12.1 Å². The van der Waals surface area contributed by atoms with E-state index in [-0.39, 0.29) is 5.82 Å². The smallest absolute Gasteiger partial charge is 0.229 e. The number of ether oxygens (including phenoxy) is 2. The van der Waals surface area contributed by atoms with E-state index in [1.165, 1.54) is 12.1 Å². The zero-order chi connectivity index (χ0) is 19.6. The maximum atomic E-state index is 13.7. The summed E-state index contributed by atoms with van der Waals surface area (Å²) in [5.41, 5.74) is 2.63. The van der Waals surface area contributed by atoms with Crippen molar-refractivity contribution >= 4 is 0 Å². The Labute approximate surface area is 158 Å². The molecule has 5 atom stereocenters. The number of benzene rings is 2. The Morgan fingerprint density at radius 2 is 1.81 bits per heavy atom. The minimum atomic E-state index is -1.39. The van der Waals surface area contributed by atoms with Crippen molar-refractivity contribution in [3.8, 4) is 16.9 Å². The molecule has 1 unspecified atom stereocenters. The Bertz CT molecular complexity index is 781. The molecule has 1 fully saturated rings. The van der Waals surface area contributed by atoms with Gasteiger partial charge >= 0.3 is 0 Å². The number of halogens is 1. The second kappa shape index (κ2) is 8.35. The maximum absolute atomic E-state index is 13.7. The molecular weight excluding hydrogens is 351 g/mol. The van der Waals surface area contributed by atoms with Gasteiger partial charge in [-0.1, -0.05) is 31.5 Å². The van der Waals surface area contributed by atoms with E-state index >= 15 is 0 Å². The van der Waals surface area contributed by atoms with Crippen molar-refractivity contribution in [1.82, 2.24) is 0 Å². The highest BCUT2D eigenvalue weighted by atomic mass is 19.1. The molecule has 6 heteroatoms. The third-order valence-electron chi connectivity index (χ3n) is 4.80. The van der Waals surface area contributed by atoms with Gasteiger partial charge in [0.2, 0.25) is 6.29 Å². The first kappa shape index (κ1) is 19.8. The van der Waals surface area contributed by atoms with E-state index < -0.39 is 30.7 Å². The highest BCUT2D eigenvalue weighted by Crippen LogP contribution is 2.31. The summed E-state index contributed by atoms with van der Waals surface area (Å²) in [5.74, 6) is 0.104. The molecule has 3 N–H and O–H groups in total. The van der Waals surface area contributed by atoms with Crippen LogP contribution in [-0.4, -0.2) is 46.0 Å². The first-order valence-electron chi connectivity index (χ1n) is 9.16. The molecular formula is C21H25FO5. The van der Waals surface area contributed by atoms with Gasteiger partial charge in [-0.15, -0.1) is 0 Å². The molecule has 0 amide bonds. The SMILES string of the molecule is CCCc1ccc(OC2O[C@H](C)[C@H](O)[C@H](O)[C@H]2O)cc1-c1cccc(F)c1. The van der Waals surface area contributed by atoms with Crippen molar-refractivity contribution in [3.05, 3.63) is 53.8 Å². The maximum Gasteiger partial charge on any atom is 0.229 e. The van der Waals surface area contributed by atoms with Crippen LogP contribution in [0.2, 0.25) is 0 Å². The molecule has 0 aliphatic carbocycles. The normalized spacial score (nSPS) is 28.1. The highest BCUT2D eigenvalue weighted by molar-refractivity contribution is 5.69. The third kappa shape index (κ3) is 4.30. The summed E-state index contributed by atoms with van der Waals surface area (Å²) in [6, 6.07) is 11.8. The molecule has 0 bridgehead atoms. The Kier molecular flexibility index (Phi) is 6.11. The monoisotopic (exact) mass is 376 g/mol. The predicted molar refractivity (Wildman–Crippen MR) is 98.8 cm³/mol. The van der Waals surface area contributed by atoms with Crippen LogP contribution in [-0.2, 0) is 11.2 Å². The molecule has 27 heavy (non-hydrogen) atoms. The topological polar surface area (TPSA) is 79.2 Å². The molecule has 0 spiro atoms.